The molecule has 0 heterocycles. The van der Waals surface area contributed by atoms with Gasteiger partial charge in [0.05, 0.1) is 0 Å². The van der Waals surface area contributed by atoms with Crippen LogP contribution in [0.3, 0.4) is 0 Å². The number of aryl methyl sites for hydroxylation is 1. The van der Waals surface area contributed by atoms with Crippen LogP contribution in [0.2, 0.25) is 0 Å². The highest BCUT2D eigenvalue weighted by Gasteiger charge is 2.12. The summed E-state index contributed by atoms with van der Waals surface area (Å²) in [5.41, 5.74) is 2.35. The van der Waals surface area contributed by atoms with Gasteiger partial charge in [-0.3, -0.25) is 4.90 Å². The van der Waals surface area contributed by atoms with E-state index in [4.69, 9.17) is 12.2 Å². The van der Waals surface area contributed by atoms with Gasteiger partial charge in [-0.1, -0.05) is 36.0 Å². The van der Waals surface area contributed by atoms with Crippen molar-refractivity contribution in [3.8, 4) is 0 Å². The van der Waals surface area contributed by atoms with Crippen LogP contribution in [-0.2, 0) is 0 Å². The summed E-state index contributed by atoms with van der Waals surface area (Å²) >= 11 is 5.43. The topological polar surface area (TPSA) is 15.3 Å². The van der Waals surface area contributed by atoms with Gasteiger partial charge in [0.1, 0.15) is 4.99 Å². The molecule has 0 spiro atoms. The van der Waals surface area contributed by atoms with E-state index in [-0.39, 0.29) is 0 Å². The molecule has 0 saturated heterocycles. The molecular weight excluding hydrogens is 252 g/mol. The van der Waals surface area contributed by atoms with Crippen molar-refractivity contribution in [3.63, 3.8) is 0 Å². The van der Waals surface area contributed by atoms with Crippen LogP contribution >= 0.6 is 12.2 Å². The van der Waals surface area contributed by atoms with E-state index >= 15 is 0 Å². The summed E-state index contributed by atoms with van der Waals surface area (Å²) in [7, 11) is 0. The molecule has 0 aliphatic rings. The third-order valence-electron chi connectivity index (χ3n) is 3.26. The van der Waals surface area contributed by atoms with Crippen LogP contribution in [0.1, 0.15) is 38.8 Å². The van der Waals surface area contributed by atoms with Crippen molar-refractivity contribution >= 4 is 17.2 Å². The van der Waals surface area contributed by atoms with Crippen molar-refractivity contribution in [2.75, 3.05) is 13.1 Å². The first-order valence-corrected chi connectivity index (χ1v) is 7.43. The molecule has 0 saturated carbocycles. The molecule has 0 atom stereocenters. The molecule has 0 fully saturated rings. The van der Waals surface area contributed by atoms with Gasteiger partial charge in [-0.15, -0.1) is 0 Å². The van der Waals surface area contributed by atoms with Gasteiger partial charge < -0.3 is 5.32 Å². The van der Waals surface area contributed by atoms with Gasteiger partial charge in [-0.2, -0.15) is 0 Å². The Kier molecular flexibility index (Phi) is 6.46. The highest BCUT2D eigenvalue weighted by Crippen LogP contribution is 2.06. The van der Waals surface area contributed by atoms with Crippen molar-refractivity contribution in [1.82, 2.24) is 10.2 Å². The summed E-state index contributed by atoms with van der Waals surface area (Å²) in [5.74, 6) is 0. The fourth-order valence-corrected chi connectivity index (χ4v) is 2.53. The van der Waals surface area contributed by atoms with Crippen molar-refractivity contribution in [2.24, 2.45) is 0 Å². The largest absolute Gasteiger partial charge is 0.375 e. The molecule has 19 heavy (non-hydrogen) atoms. The number of hydrogen-bond acceptors (Lipinski definition) is 2. The SMILES string of the molecule is Cc1cccc(C(=S)NCCN(C(C)C)C(C)C)c1. The Morgan fingerprint density at radius 1 is 1.21 bits per heavy atom. The lowest BCUT2D eigenvalue weighted by Gasteiger charge is -2.30. The van der Waals surface area contributed by atoms with Crippen molar-refractivity contribution in [2.45, 2.75) is 46.7 Å². The Morgan fingerprint density at radius 3 is 2.37 bits per heavy atom. The summed E-state index contributed by atoms with van der Waals surface area (Å²) < 4.78 is 0. The predicted octanol–water partition coefficient (Wildman–Crippen LogP) is 3.38. The Morgan fingerprint density at radius 2 is 1.84 bits per heavy atom. The third-order valence-corrected chi connectivity index (χ3v) is 3.64. The quantitative estimate of drug-likeness (QED) is 0.803. The van der Waals surface area contributed by atoms with Crippen LogP contribution < -0.4 is 5.32 Å². The van der Waals surface area contributed by atoms with E-state index in [1.165, 1.54) is 5.56 Å². The minimum Gasteiger partial charge on any atom is -0.375 e. The lowest BCUT2D eigenvalue weighted by atomic mass is 10.1. The Bertz CT molecular complexity index is 405. The maximum atomic E-state index is 5.43. The van der Waals surface area contributed by atoms with Gasteiger partial charge in [0.15, 0.2) is 0 Å². The van der Waals surface area contributed by atoms with Crippen LogP contribution in [-0.4, -0.2) is 35.1 Å². The van der Waals surface area contributed by atoms with Gasteiger partial charge in [-0.25, -0.2) is 0 Å². The summed E-state index contributed by atoms with van der Waals surface area (Å²) in [6.07, 6.45) is 0. The first-order valence-electron chi connectivity index (χ1n) is 7.02. The van der Waals surface area contributed by atoms with Gasteiger partial charge in [-0.05, 0) is 40.7 Å². The number of hydrogen-bond donors (Lipinski definition) is 1. The first-order chi connectivity index (χ1) is 8.91. The Labute approximate surface area is 123 Å². The maximum absolute atomic E-state index is 5.43. The molecule has 1 aromatic rings. The zero-order valence-electron chi connectivity index (χ0n) is 12.7. The molecule has 0 aliphatic carbocycles. The molecule has 1 rings (SSSR count). The summed E-state index contributed by atoms with van der Waals surface area (Å²) in [5, 5.41) is 3.36. The Hall–Kier alpha value is -0.930. The number of benzene rings is 1. The monoisotopic (exact) mass is 278 g/mol. The van der Waals surface area contributed by atoms with Gasteiger partial charge in [0, 0.05) is 30.7 Å². The molecular formula is C16H26N2S. The summed E-state index contributed by atoms with van der Waals surface area (Å²) in [6.45, 7) is 12.9. The normalized spacial score (nSPS) is 11.4. The van der Waals surface area contributed by atoms with E-state index in [0.717, 1.165) is 23.6 Å². The molecule has 106 valence electrons. The molecule has 0 radical (unpaired) electrons. The zero-order chi connectivity index (χ0) is 14.4. The third kappa shape index (κ3) is 5.29. The van der Waals surface area contributed by atoms with E-state index < -0.39 is 0 Å². The highest BCUT2D eigenvalue weighted by atomic mass is 32.1. The van der Waals surface area contributed by atoms with Crippen LogP contribution in [0.15, 0.2) is 24.3 Å². The van der Waals surface area contributed by atoms with E-state index in [0.29, 0.717) is 12.1 Å². The van der Waals surface area contributed by atoms with Crippen molar-refractivity contribution in [3.05, 3.63) is 35.4 Å². The molecule has 0 bridgehead atoms. The molecule has 0 aromatic heterocycles. The second-order valence-corrected chi connectivity index (χ2v) is 5.96. The molecule has 2 nitrogen and oxygen atoms in total. The fraction of sp³-hybridized carbons (Fsp3) is 0.562. The minimum absolute atomic E-state index is 0.564. The average molecular weight is 278 g/mol. The summed E-state index contributed by atoms with van der Waals surface area (Å²) in [4.78, 5) is 3.31. The molecule has 0 aliphatic heterocycles. The zero-order valence-corrected chi connectivity index (χ0v) is 13.6. The molecule has 3 heteroatoms. The molecule has 1 N–H and O–H groups in total. The van der Waals surface area contributed by atoms with Crippen molar-refractivity contribution < 1.29 is 0 Å². The minimum atomic E-state index is 0.564. The van der Waals surface area contributed by atoms with Crippen LogP contribution in [0.4, 0.5) is 0 Å². The van der Waals surface area contributed by atoms with E-state index in [2.05, 4.69) is 63.0 Å². The van der Waals surface area contributed by atoms with Gasteiger partial charge in [0.2, 0.25) is 0 Å². The van der Waals surface area contributed by atoms with Crippen molar-refractivity contribution in [1.29, 1.82) is 0 Å². The molecule has 0 unspecified atom stereocenters. The van der Waals surface area contributed by atoms with E-state index in [9.17, 15) is 0 Å². The predicted molar refractivity (Wildman–Crippen MR) is 87.9 cm³/mol. The van der Waals surface area contributed by atoms with E-state index in [1.54, 1.807) is 0 Å². The maximum Gasteiger partial charge on any atom is 0.106 e. The number of rotatable bonds is 6. The Balaban J connectivity index is 2.47. The smallest absolute Gasteiger partial charge is 0.106 e. The second-order valence-electron chi connectivity index (χ2n) is 5.55. The van der Waals surface area contributed by atoms with Crippen LogP contribution in [0.25, 0.3) is 0 Å². The standard InChI is InChI=1S/C16H26N2S/c1-12(2)18(13(3)4)10-9-17-16(19)15-8-6-7-14(5)11-15/h6-8,11-13H,9-10H2,1-5H3,(H,17,19). The molecule has 1 aromatic carbocycles. The van der Waals surface area contributed by atoms with Gasteiger partial charge >= 0.3 is 0 Å². The fourth-order valence-electron chi connectivity index (χ4n) is 2.30. The molecule has 0 amide bonds. The lowest BCUT2D eigenvalue weighted by molar-refractivity contribution is 0.178. The first kappa shape index (κ1) is 16.1. The number of nitrogens with one attached hydrogen (secondary N) is 1. The van der Waals surface area contributed by atoms with E-state index in [1.807, 2.05) is 6.07 Å². The summed E-state index contributed by atoms with van der Waals surface area (Å²) in [6, 6.07) is 9.45. The number of thiocarbonyl (C=S) groups is 1. The van der Waals surface area contributed by atoms with Crippen LogP contribution in [0.5, 0.6) is 0 Å². The number of nitrogens with zero attached hydrogens (tertiary/aromatic N) is 1. The van der Waals surface area contributed by atoms with Gasteiger partial charge in [0.25, 0.3) is 0 Å². The van der Waals surface area contributed by atoms with Crippen LogP contribution in [0, 0.1) is 6.92 Å². The highest BCUT2D eigenvalue weighted by molar-refractivity contribution is 7.80. The second kappa shape index (κ2) is 7.61. The lowest BCUT2D eigenvalue weighted by Crippen LogP contribution is -2.42. The average Bonchev–Trinajstić information content (AvgIpc) is 2.33.